The van der Waals surface area contributed by atoms with Crippen LogP contribution in [0.2, 0.25) is 0 Å². The molecule has 0 spiro atoms. The summed E-state index contributed by atoms with van der Waals surface area (Å²) in [6.07, 6.45) is 4.92. The summed E-state index contributed by atoms with van der Waals surface area (Å²) in [6, 6.07) is 0. The fourth-order valence-electron chi connectivity index (χ4n) is 1.60. The number of aliphatic carboxylic acids is 3. The summed E-state index contributed by atoms with van der Waals surface area (Å²) in [6.45, 7) is 0. The number of hydrogen-bond donors (Lipinski definition) is 4. The number of alkyl halides is 2. The lowest BCUT2D eigenvalue weighted by atomic mass is 9.99. The number of thiol groups is 1. The standard InChI is InChI=1S/C8H12O4S2.C4H6I2.C2H4O2S/c9-7(10)3-13-5-1-2-6(5)14-4-8(11)12;5-3-1-2-4(3)6;3-2(4)1-5/h5-6H,1-4H2,(H,9,10)(H,11,12);3-4H,1-2H2;5H,1H2,(H,3,4). The van der Waals surface area contributed by atoms with Crippen molar-refractivity contribution in [3.8, 4) is 0 Å². The lowest BCUT2D eigenvalue weighted by molar-refractivity contribution is -0.135. The maximum Gasteiger partial charge on any atom is 0.313 e. The largest absolute Gasteiger partial charge is 0.481 e. The molecule has 0 aromatic heterocycles. The first-order valence-corrected chi connectivity index (χ1v) is 12.7. The van der Waals surface area contributed by atoms with Crippen molar-refractivity contribution < 1.29 is 29.7 Å². The SMILES string of the molecule is IC1CCC1I.O=C(O)CS.O=C(O)CSC1CCC1SCC(=O)O. The first-order chi connectivity index (χ1) is 11.7. The second kappa shape index (κ2) is 14.9. The summed E-state index contributed by atoms with van der Waals surface area (Å²) in [7, 11) is 0. The minimum Gasteiger partial charge on any atom is -0.481 e. The van der Waals surface area contributed by atoms with Crippen molar-refractivity contribution in [3.05, 3.63) is 0 Å². The molecule has 2 aliphatic carbocycles. The maximum absolute atomic E-state index is 10.3. The van der Waals surface area contributed by atoms with E-state index in [0.29, 0.717) is 10.5 Å². The van der Waals surface area contributed by atoms with Gasteiger partial charge in [0.25, 0.3) is 0 Å². The van der Waals surface area contributed by atoms with Crippen molar-refractivity contribution in [2.75, 3.05) is 17.3 Å². The van der Waals surface area contributed by atoms with Gasteiger partial charge in [0.1, 0.15) is 0 Å². The molecule has 0 aromatic rings. The summed E-state index contributed by atoms with van der Waals surface area (Å²) in [5.41, 5.74) is 0. The number of carbonyl (C=O) groups is 3. The second-order valence-corrected chi connectivity index (χ2v) is 11.2. The minimum atomic E-state index is -0.881. The zero-order valence-electron chi connectivity index (χ0n) is 13.3. The van der Waals surface area contributed by atoms with Gasteiger partial charge in [-0.25, -0.2) is 0 Å². The highest BCUT2D eigenvalue weighted by Gasteiger charge is 2.32. The van der Waals surface area contributed by atoms with Crippen LogP contribution in [0.3, 0.4) is 0 Å². The summed E-state index contributed by atoms with van der Waals surface area (Å²) in [5.74, 6) is -2.33. The molecule has 6 nitrogen and oxygen atoms in total. The van der Waals surface area contributed by atoms with Crippen LogP contribution in [0.4, 0.5) is 0 Å². The Balaban J connectivity index is 0.000000429. The normalized spacial score (nSPS) is 26.5. The van der Waals surface area contributed by atoms with Crippen LogP contribution >= 0.6 is 81.3 Å². The average molecular weight is 636 g/mol. The summed E-state index contributed by atoms with van der Waals surface area (Å²) in [5, 5.41) is 25.2. The summed E-state index contributed by atoms with van der Waals surface area (Å²) >= 11 is 11.3. The average Bonchev–Trinajstić information content (AvgIpc) is 2.52. The van der Waals surface area contributed by atoms with E-state index < -0.39 is 17.9 Å². The molecule has 2 rings (SSSR count). The van der Waals surface area contributed by atoms with Crippen LogP contribution in [0.25, 0.3) is 0 Å². The van der Waals surface area contributed by atoms with Crippen LogP contribution in [-0.2, 0) is 14.4 Å². The Kier molecular flexibility index (Phi) is 15.5. The van der Waals surface area contributed by atoms with Gasteiger partial charge in [-0.15, -0.1) is 23.5 Å². The summed E-state index contributed by atoms with van der Waals surface area (Å²) < 4.78 is 1.98. The van der Waals surface area contributed by atoms with Gasteiger partial charge in [0.05, 0.1) is 17.3 Å². The van der Waals surface area contributed by atoms with E-state index >= 15 is 0 Å². The molecule has 0 aromatic carbocycles. The third-order valence-electron chi connectivity index (χ3n) is 3.24. The Labute approximate surface area is 188 Å². The fourth-order valence-corrected chi connectivity index (χ4v) is 5.53. The van der Waals surface area contributed by atoms with Crippen LogP contribution in [-0.4, -0.2) is 68.8 Å². The van der Waals surface area contributed by atoms with E-state index in [2.05, 4.69) is 57.8 Å². The van der Waals surface area contributed by atoms with Crippen molar-refractivity contribution in [2.24, 2.45) is 0 Å². The van der Waals surface area contributed by atoms with Gasteiger partial charge in [-0.2, -0.15) is 12.6 Å². The molecular weight excluding hydrogens is 614 g/mol. The third-order valence-corrected chi connectivity index (χ3v) is 10.9. The molecule has 2 fully saturated rings. The van der Waals surface area contributed by atoms with Gasteiger partial charge in [-0.05, 0) is 25.7 Å². The molecule has 2 aliphatic rings. The Bertz CT molecular complexity index is 409. The molecule has 0 saturated heterocycles. The van der Waals surface area contributed by atoms with Gasteiger partial charge in [0.2, 0.25) is 0 Å². The van der Waals surface area contributed by atoms with Crippen LogP contribution < -0.4 is 0 Å². The summed E-state index contributed by atoms with van der Waals surface area (Å²) in [4.78, 5) is 29.9. The topological polar surface area (TPSA) is 112 Å². The zero-order valence-corrected chi connectivity index (χ0v) is 20.2. The van der Waals surface area contributed by atoms with E-state index in [1.165, 1.54) is 36.4 Å². The van der Waals surface area contributed by atoms with Crippen molar-refractivity contribution in [1.82, 2.24) is 0 Å². The van der Waals surface area contributed by atoms with Gasteiger partial charge >= 0.3 is 17.9 Å². The molecule has 2 saturated carbocycles. The number of carboxylic acid groups (broad SMARTS) is 3. The van der Waals surface area contributed by atoms with Crippen molar-refractivity contribution in [3.63, 3.8) is 0 Å². The van der Waals surface area contributed by atoms with Crippen LogP contribution in [0.15, 0.2) is 0 Å². The van der Waals surface area contributed by atoms with Gasteiger partial charge in [-0.3, -0.25) is 14.4 Å². The van der Waals surface area contributed by atoms with Gasteiger partial charge in [0, 0.05) is 18.3 Å². The van der Waals surface area contributed by atoms with Crippen molar-refractivity contribution in [2.45, 2.75) is 44.0 Å². The smallest absolute Gasteiger partial charge is 0.313 e. The molecule has 4 unspecified atom stereocenters. The monoisotopic (exact) mass is 636 g/mol. The molecule has 0 bridgehead atoms. The van der Waals surface area contributed by atoms with Crippen LogP contribution in [0.1, 0.15) is 25.7 Å². The van der Waals surface area contributed by atoms with Crippen LogP contribution in [0, 0.1) is 0 Å². The number of rotatable bonds is 7. The molecular formula is C14H22I2O6S3. The molecule has 0 aliphatic heterocycles. The molecule has 0 radical (unpaired) electrons. The van der Waals surface area contributed by atoms with E-state index in [9.17, 15) is 14.4 Å². The number of hydrogen-bond acceptors (Lipinski definition) is 6. The molecule has 0 heterocycles. The van der Waals surface area contributed by atoms with E-state index in [1.807, 2.05) is 0 Å². The number of halogens is 2. The van der Waals surface area contributed by atoms with Crippen molar-refractivity contribution >= 4 is 99.2 Å². The van der Waals surface area contributed by atoms with E-state index in [0.717, 1.165) is 20.7 Å². The predicted molar refractivity (Wildman–Crippen MR) is 123 cm³/mol. The van der Waals surface area contributed by atoms with Crippen LogP contribution in [0.5, 0.6) is 0 Å². The lowest BCUT2D eigenvalue weighted by Gasteiger charge is -2.34. The first kappa shape index (κ1) is 25.9. The molecule has 4 atom stereocenters. The number of thioether (sulfide) groups is 2. The Morgan fingerprint density at radius 1 is 0.800 bits per heavy atom. The van der Waals surface area contributed by atoms with Gasteiger partial charge in [0.15, 0.2) is 0 Å². The first-order valence-electron chi connectivity index (χ1n) is 7.44. The predicted octanol–water partition coefficient (Wildman–Crippen LogP) is 3.54. The second-order valence-electron chi connectivity index (χ2n) is 5.22. The van der Waals surface area contributed by atoms with E-state index in [-0.39, 0.29) is 17.3 Å². The Hall–Kier alpha value is 0.920. The fraction of sp³-hybridized carbons (Fsp3) is 0.786. The third kappa shape index (κ3) is 13.7. The molecule has 146 valence electrons. The molecule has 0 amide bonds. The molecule has 11 heteroatoms. The van der Waals surface area contributed by atoms with Crippen molar-refractivity contribution in [1.29, 1.82) is 0 Å². The maximum atomic E-state index is 10.3. The highest BCUT2D eigenvalue weighted by Crippen LogP contribution is 2.39. The highest BCUT2D eigenvalue weighted by molar-refractivity contribution is 14.1. The van der Waals surface area contributed by atoms with Gasteiger partial charge < -0.3 is 15.3 Å². The van der Waals surface area contributed by atoms with Gasteiger partial charge in [-0.1, -0.05) is 45.2 Å². The Morgan fingerprint density at radius 2 is 1.12 bits per heavy atom. The Morgan fingerprint density at radius 3 is 1.24 bits per heavy atom. The molecule has 25 heavy (non-hydrogen) atoms. The highest BCUT2D eigenvalue weighted by atomic mass is 127. The quantitative estimate of drug-likeness (QED) is 0.191. The lowest BCUT2D eigenvalue weighted by Crippen LogP contribution is -2.33. The molecule has 3 N–H and O–H groups in total. The van der Waals surface area contributed by atoms with E-state index in [1.54, 1.807) is 0 Å². The zero-order chi connectivity index (χ0) is 19.4. The minimum absolute atomic E-state index is 0.0833. The number of carboxylic acids is 3. The van der Waals surface area contributed by atoms with E-state index in [4.69, 9.17) is 15.3 Å².